The summed E-state index contributed by atoms with van der Waals surface area (Å²) >= 11 is 3.97. The molecule has 4 amide bonds. The fourth-order valence-electron chi connectivity index (χ4n) is 2.27. The van der Waals surface area contributed by atoms with E-state index in [4.69, 9.17) is 27.4 Å². The van der Waals surface area contributed by atoms with E-state index in [-0.39, 0.29) is 12.2 Å². The van der Waals surface area contributed by atoms with Crippen LogP contribution < -0.4 is 33.2 Å². The number of aliphatic hydroxyl groups excluding tert-OH is 1. The van der Waals surface area contributed by atoms with Gasteiger partial charge in [-0.1, -0.05) is 0 Å². The number of unbranched alkanes of at least 4 members (excludes halogenated alkanes) is 1. The van der Waals surface area contributed by atoms with Gasteiger partial charge in [-0.2, -0.15) is 12.6 Å². The van der Waals surface area contributed by atoms with Crippen molar-refractivity contribution in [1.29, 1.82) is 0 Å². The molecule has 0 aromatic heterocycles. The zero-order chi connectivity index (χ0) is 23.3. The predicted molar refractivity (Wildman–Crippen MR) is 109 cm³/mol. The first kappa shape index (κ1) is 27.6. The van der Waals surface area contributed by atoms with Gasteiger partial charge in [0, 0.05) is 5.75 Å². The Hall–Kier alpha value is -2.42. The zero-order valence-corrected chi connectivity index (χ0v) is 17.3. The molecule has 0 saturated heterocycles. The number of aliphatic carboxylic acids is 1. The van der Waals surface area contributed by atoms with Gasteiger partial charge in [-0.15, -0.1) is 0 Å². The van der Waals surface area contributed by atoms with Gasteiger partial charge in [0.15, 0.2) is 0 Å². The Morgan fingerprint density at radius 2 is 1.43 bits per heavy atom. The first-order valence-corrected chi connectivity index (χ1v) is 9.80. The molecule has 30 heavy (non-hydrogen) atoms. The van der Waals surface area contributed by atoms with E-state index < -0.39 is 66.8 Å². The second-order valence-corrected chi connectivity index (χ2v) is 6.81. The molecule has 0 aliphatic rings. The number of carbonyl (C=O) groups excluding carboxylic acids is 4. The van der Waals surface area contributed by atoms with E-state index in [1.54, 1.807) is 0 Å². The van der Waals surface area contributed by atoms with E-state index in [0.29, 0.717) is 19.4 Å². The van der Waals surface area contributed by atoms with Crippen LogP contribution in [0.2, 0.25) is 0 Å². The van der Waals surface area contributed by atoms with E-state index in [9.17, 15) is 24.0 Å². The van der Waals surface area contributed by atoms with Crippen molar-refractivity contribution in [3.05, 3.63) is 0 Å². The molecule has 0 aliphatic carbocycles. The zero-order valence-electron chi connectivity index (χ0n) is 16.4. The topological polar surface area (TPSA) is 240 Å². The van der Waals surface area contributed by atoms with Crippen LogP contribution in [-0.4, -0.2) is 82.9 Å². The van der Waals surface area contributed by atoms with E-state index in [2.05, 4.69) is 28.6 Å². The van der Waals surface area contributed by atoms with Crippen molar-refractivity contribution in [2.45, 2.75) is 49.9 Å². The monoisotopic (exact) mass is 450 g/mol. The van der Waals surface area contributed by atoms with Crippen LogP contribution in [0.15, 0.2) is 0 Å². The lowest BCUT2D eigenvalue weighted by Crippen LogP contribution is -2.58. The summed E-state index contributed by atoms with van der Waals surface area (Å²) < 4.78 is 0. The fraction of sp³-hybridized carbons (Fsp3) is 0.688. The molecular weight excluding hydrogens is 420 g/mol. The maximum absolute atomic E-state index is 12.6. The Bertz CT molecular complexity index is 621. The Morgan fingerprint density at radius 1 is 0.900 bits per heavy atom. The Morgan fingerprint density at radius 3 is 1.90 bits per heavy atom. The molecule has 0 radical (unpaired) electrons. The molecule has 0 saturated carbocycles. The summed E-state index contributed by atoms with van der Waals surface area (Å²) in [5.41, 5.74) is 16.0. The van der Waals surface area contributed by atoms with Gasteiger partial charge >= 0.3 is 5.97 Å². The van der Waals surface area contributed by atoms with Gasteiger partial charge < -0.3 is 43.4 Å². The minimum atomic E-state index is -1.55. The fourth-order valence-corrected chi connectivity index (χ4v) is 2.53. The van der Waals surface area contributed by atoms with Crippen molar-refractivity contribution >= 4 is 42.2 Å². The number of amides is 4. The van der Waals surface area contributed by atoms with Crippen LogP contribution in [0.1, 0.15) is 25.7 Å². The van der Waals surface area contributed by atoms with Gasteiger partial charge in [0.1, 0.15) is 18.1 Å². The van der Waals surface area contributed by atoms with Crippen LogP contribution in [0.5, 0.6) is 0 Å². The Balaban J connectivity index is 5.17. The first-order chi connectivity index (χ1) is 14.1. The number of nitrogens with two attached hydrogens (primary N) is 3. The van der Waals surface area contributed by atoms with Crippen LogP contribution in [0, 0.1) is 0 Å². The van der Waals surface area contributed by atoms with Crippen LogP contribution in [0.25, 0.3) is 0 Å². The third kappa shape index (κ3) is 10.4. The number of aliphatic hydroxyl groups is 1. The second kappa shape index (κ2) is 14.5. The molecule has 0 spiro atoms. The SMILES string of the molecule is NCCCCC(NC(=O)C(N)CC(N)=O)C(=O)NC(CS)C(=O)NC(CO)C(=O)O. The Kier molecular flexibility index (Phi) is 13.4. The highest BCUT2D eigenvalue weighted by Crippen LogP contribution is 2.04. The molecular formula is C16H30N6O7S. The predicted octanol–water partition coefficient (Wildman–Crippen LogP) is -4.22. The lowest BCUT2D eigenvalue weighted by atomic mass is 10.1. The summed E-state index contributed by atoms with van der Waals surface area (Å²) in [5, 5.41) is 24.7. The third-order valence-corrected chi connectivity index (χ3v) is 4.32. The van der Waals surface area contributed by atoms with Crippen molar-refractivity contribution in [3.8, 4) is 0 Å². The molecule has 0 rings (SSSR count). The summed E-state index contributed by atoms with van der Waals surface area (Å²) in [6, 6.07) is -5.13. The molecule has 172 valence electrons. The number of carboxylic acids is 1. The summed E-state index contributed by atoms with van der Waals surface area (Å²) in [7, 11) is 0. The minimum Gasteiger partial charge on any atom is -0.480 e. The summed E-state index contributed by atoms with van der Waals surface area (Å²) in [6.45, 7) is -0.479. The molecule has 0 aromatic carbocycles. The largest absolute Gasteiger partial charge is 0.480 e. The maximum Gasteiger partial charge on any atom is 0.328 e. The number of rotatable bonds is 15. The van der Waals surface area contributed by atoms with Gasteiger partial charge in [-0.25, -0.2) is 4.79 Å². The average Bonchev–Trinajstić information content (AvgIpc) is 2.68. The number of nitrogens with one attached hydrogen (secondary N) is 3. The number of carbonyl (C=O) groups is 5. The molecule has 11 N–H and O–H groups in total. The van der Waals surface area contributed by atoms with E-state index in [0.717, 1.165) is 0 Å². The van der Waals surface area contributed by atoms with Gasteiger partial charge in [-0.3, -0.25) is 19.2 Å². The molecule has 4 atom stereocenters. The number of thiol groups is 1. The van der Waals surface area contributed by atoms with Gasteiger partial charge in [-0.05, 0) is 25.8 Å². The van der Waals surface area contributed by atoms with Gasteiger partial charge in [0.2, 0.25) is 23.6 Å². The highest BCUT2D eigenvalue weighted by atomic mass is 32.1. The number of carboxylic acid groups (broad SMARTS) is 1. The molecule has 0 aliphatic heterocycles. The van der Waals surface area contributed by atoms with Crippen molar-refractivity contribution in [2.75, 3.05) is 18.9 Å². The van der Waals surface area contributed by atoms with Gasteiger partial charge in [0.25, 0.3) is 0 Å². The standard InChI is InChI=1S/C16H30N6O7S/c17-4-2-1-3-9(20-13(25)8(18)5-12(19)24)14(26)22-11(7-30)15(27)21-10(6-23)16(28)29/h8-11,23,30H,1-7,17-18H2,(H2,19,24)(H,20,25)(H,21,27)(H,22,26)(H,28,29). The van der Waals surface area contributed by atoms with E-state index in [1.807, 2.05) is 0 Å². The van der Waals surface area contributed by atoms with Crippen molar-refractivity contribution in [1.82, 2.24) is 16.0 Å². The first-order valence-electron chi connectivity index (χ1n) is 9.16. The average molecular weight is 451 g/mol. The molecule has 0 fully saturated rings. The highest BCUT2D eigenvalue weighted by Gasteiger charge is 2.29. The van der Waals surface area contributed by atoms with Crippen LogP contribution in [0.3, 0.4) is 0 Å². The molecule has 14 heteroatoms. The van der Waals surface area contributed by atoms with Gasteiger partial charge in [0.05, 0.1) is 19.1 Å². The second-order valence-electron chi connectivity index (χ2n) is 6.45. The van der Waals surface area contributed by atoms with Crippen molar-refractivity contribution in [2.24, 2.45) is 17.2 Å². The van der Waals surface area contributed by atoms with Crippen LogP contribution in [-0.2, 0) is 24.0 Å². The third-order valence-electron chi connectivity index (χ3n) is 3.95. The molecule has 0 heterocycles. The van der Waals surface area contributed by atoms with Crippen molar-refractivity contribution < 1.29 is 34.2 Å². The summed E-state index contributed by atoms with van der Waals surface area (Å²) in [4.78, 5) is 58.8. The molecule has 0 bridgehead atoms. The lowest BCUT2D eigenvalue weighted by molar-refractivity contribution is -0.143. The van der Waals surface area contributed by atoms with E-state index >= 15 is 0 Å². The molecule has 0 aromatic rings. The number of hydrogen-bond acceptors (Lipinski definition) is 9. The lowest BCUT2D eigenvalue weighted by Gasteiger charge is -2.24. The quantitative estimate of drug-likeness (QED) is 0.0866. The highest BCUT2D eigenvalue weighted by molar-refractivity contribution is 7.80. The molecule has 4 unspecified atom stereocenters. The smallest absolute Gasteiger partial charge is 0.328 e. The summed E-state index contributed by atoms with van der Waals surface area (Å²) in [5.74, 6) is -4.82. The minimum absolute atomic E-state index is 0.174. The Labute approximate surface area is 178 Å². The number of hydrogen-bond donors (Lipinski definition) is 9. The summed E-state index contributed by atoms with van der Waals surface area (Å²) in [6.07, 6.45) is 0.805. The van der Waals surface area contributed by atoms with E-state index in [1.165, 1.54) is 0 Å². The molecule has 13 nitrogen and oxygen atoms in total. The number of primary amides is 1. The van der Waals surface area contributed by atoms with Crippen LogP contribution in [0.4, 0.5) is 0 Å². The normalized spacial score (nSPS) is 14.7. The van der Waals surface area contributed by atoms with Crippen molar-refractivity contribution in [3.63, 3.8) is 0 Å². The maximum atomic E-state index is 12.6. The van der Waals surface area contributed by atoms with Crippen LogP contribution >= 0.6 is 12.6 Å².